The molecule has 1 unspecified atom stereocenters. The van der Waals surface area contributed by atoms with Crippen molar-refractivity contribution < 1.29 is 22.7 Å². The van der Waals surface area contributed by atoms with Crippen LogP contribution in [0.1, 0.15) is 24.0 Å². The minimum Gasteiger partial charge on any atom is -0.493 e. The molecule has 1 fully saturated rings. The molecule has 0 aliphatic carbocycles. The fourth-order valence-corrected chi connectivity index (χ4v) is 6.37. The topological polar surface area (TPSA) is 84.9 Å². The molecule has 3 rings (SSSR count). The quantitative estimate of drug-likeness (QED) is 0.625. The van der Waals surface area contributed by atoms with E-state index in [-0.39, 0.29) is 22.4 Å². The van der Waals surface area contributed by atoms with Crippen LogP contribution in [0.15, 0.2) is 41.3 Å². The van der Waals surface area contributed by atoms with Gasteiger partial charge in [0.1, 0.15) is 4.90 Å². The lowest BCUT2D eigenvalue weighted by atomic mass is 9.98. The molecule has 7 nitrogen and oxygen atoms in total. The van der Waals surface area contributed by atoms with Crippen molar-refractivity contribution in [3.05, 3.63) is 52.5 Å². The van der Waals surface area contributed by atoms with E-state index >= 15 is 0 Å². The van der Waals surface area contributed by atoms with Crippen LogP contribution in [0.2, 0.25) is 5.02 Å². The average Bonchev–Trinajstić information content (AvgIpc) is 2.78. The number of carbonyl (C=O) groups excluding carboxylic acids is 1. The Labute approximate surface area is 194 Å². The lowest BCUT2D eigenvalue weighted by Crippen LogP contribution is -2.45. The monoisotopic (exact) mass is 480 g/mol. The Hall–Kier alpha value is -2.29. The maximum atomic E-state index is 13.2. The number of nitrogens with zero attached hydrogens (tertiary/aromatic N) is 1. The third-order valence-electron chi connectivity index (χ3n) is 5.69. The smallest absolute Gasteiger partial charge is 0.244 e. The number of amides is 1. The Morgan fingerprint density at radius 3 is 2.62 bits per heavy atom. The first-order valence-electron chi connectivity index (χ1n) is 10.5. The Kier molecular flexibility index (Phi) is 8.03. The highest BCUT2D eigenvalue weighted by Crippen LogP contribution is 2.32. The molecule has 174 valence electrons. The van der Waals surface area contributed by atoms with E-state index in [2.05, 4.69) is 5.32 Å². The molecule has 2 aromatic rings. The van der Waals surface area contributed by atoms with Crippen molar-refractivity contribution in [3.8, 4) is 11.5 Å². The van der Waals surface area contributed by atoms with Crippen molar-refractivity contribution in [2.45, 2.75) is 31.1 Å². The minimum absolute atomic E-state index is 0.118. The Morgan fingerprint density at radius 1 is 1.19 bits per heavy atom. The van der Waals surface area contributed by atoms with Crippen LogP contribution in [0.3, 0.4) is 0 Å². The summed E-state index contributed by atoms with van der Waals surface area (Å²) in [7, 11) is -0.618. The molecule has 0 spiro atoms. The minimum atomic E-state index is -3.78. The van der Waals surface area contributed by atoms with Crippen molar-refractivity contribution in [2.24, 2.45) is 5.92 Å². The van der Waals surface area contributed by atoms with Gasteiger partial charge in [0.05, 0.1) is 25.2 Å². The molecule has 1 atom stereocenters. The van der Waals surface area contributed by atoms with Gasteiger partial charge >= 0.3 is 0 Å². The van der Waals surface area contributed by atoms with Crippen LogP contribution in [0, 0.1) is 12.8 Å². The zero-order valence-corrected chi connectivity index (χ0v) is 20.1. The highest BCUT2D eigenvalue weighted by Gasteiger charge is 2.35. The Morgan fingerprint density at radius 2 is 1.94 bits per heavy atom. The molecule has 0 saturated carbocycles. The molecule has 2 aromatic carbocycles. The SMILES string of the molecule is COc1cccc(CCNC(=O)C2CCCN(S(=O)(=O)c3c(C)cccc3Cl)C2)c1OC. The predicted molar refractivity (Wildman–Crippen MR) is 124 cm³/mol. The molecule has 1 saturated heterocycles. The third-order valence-corrected chi connectivity index (χ3v) is 8.19. The molecular weight excluding hydrogens is 452 g/mol. The van der Waals surface area contributed by atoms with Crippen LogP contribution in [0.25, 0.3) is 0 Å². The van der Waals surface area contributed by atoms with Crippen molar-refractivity contribution in [2.75, 3.05) is 33.9 Å². The highest BCUT2D eigenvalue weighted by molar-refractivity contribution is 7.89. The van der Waals surface area contributed by atoms with Crippen LogP contribution in [0.4, 0.5) is 0 Å². The molecule has 1 amide bonds. The van der Waals surface area contributed by atoms with E-state index in [1.54, 1.807) is 39.3 Å². The number of hydrogen-bond donors (Lipinski definition) is 1. The van der Waals surface area contributed by atoms with Gasteiger partial charge in [0.25, 0.3) is 0 Å². The number of halogens is 1. The number of aryl methyl sites for hydroxylation is 1. The van der Waals surface area contributed by atoms with Crippen LogP contribution >= 0.6 is 11.6 Å². The van der Waals surface area contributed by atoms with E-state index in [0.29, 0.717) is 49.4 Å². The zero-order chi connectivity index (χ0) is 23.3. The Balaban J connectivity index is 1.64. The molecule has 1 aliphatic heterocycles. The summed E-state index contributed by atoms with van der Waals surface area (Å²) >= 11 is 6.20. The number of nitrogens with one attached hydrogen (secondary N) is 1. The number of para-hydroxylation sites is 1. The summed E-state index contributed by atoms with van der Waals surface area (Å²) < 4.78 is 38.5. The summed E-state index contributed by atoms with van der Waals surface area (Å²) in [5, 5.41) is 3.14. The number of ether oxygens (including phenoxy) is 2. The van der Waals surface area contributed by atoms with Crippen LogP contribution in [-0.4, -0.2) is 52.5 Å². The summed E-state index contributed by atoms with van der Waals surface area (Å²) in [4.78, 5) is 12.9. The molecule has 0 aromatic heterocycles. The maximum absolute atomic E-state index is 13.2. The van der Waals surface area contributed by atoms with Crippen LogP contribution < -0.4 is 14.8 Å². The predicted octanol–water partition coefficient (Wildman–Crippen LogP) is 3.43. The molecule has 1 N–H and O–H groups in total. The van der Waals surface area contributed by atoms with Gasteiger partial charge in [-0.05, 0) is 49.4 Å². The summed E-state index contributed by atoms with van der Waals surface area (Å²) in [6.07, 6.45) is 1.83. The largest absolute Gasteiger partial charge is 0.493 e. The molecule has 32 heavy (non-hydrogen) atoms. The third kappa shape index (κ3) is 5.19. The van der Waals surface area contributed by atoms with E-state index in [9.17, 15) is 13.2 Å². The number of rotatable bonds is 8. The first kappa shape index (κ1) is 24.4. The van der Waals surface area contributed by atoms with Crippen LogP contribution in [-0.2, 0) is 21.2 Å². The molecule has 0 bridgehead atoms. The first-order valence-corrected chi connectivity index (χ1v) is 12.3. The number of benzene rings is 2. The molecular formula is C23H29ClN2O5S. The lowest BCUT2D eigenvalue weighted by Gasteiger charge is -2.31. The van der Waals surface area contributed by atoms with Gasteiger partial charge in [-0.25, -0.2) is 8.42 Å². The fourth-order valence-electron chi connectivity index (χ4n) is 4.06. The van der Waals surface area contributed by atoms with Crippen molar-refractivity contribution in [1.82, 2.24) is 9.62 Å². The second kappa shape index (κ2) is 10.6. The van der Waals surface area contributed by atoms with Crippen molar-refractivity contribution >= 4 is 27.5 Å². The number of carbonyl (C=O) groups is 1. The van der Waals surface area contributed by atoms with Crippen molar-refractivity contribution in [1.29, 1.82) is 0 Å². The standard InChI is InChI=1S/C23H29ClN2O5S/c1-16-7-4-10-19(24)22(16)32(28,29)26-14-6-9-18(15-26)23(27)25-13-12-17-8-5-11-20(30-2)21(17)31-3/h4-5,7-8,10-11,18H,6,9,12-15H2,1-3H3,(H,25,27). The van der Waals surface area contributed by atoms with E-state index in [4.69, 9.17) is 21.1 Å². The van der Waals surface area contributed by atoms with Crippen molar-refractivity contribution in [3.63, 3.8) is 0 Å². The highest BCUT2D eigenvalue weighted by atomic mass is 35.5. The van der Waals surface area contributed by atoms with Gasteiger partial charge in [-0.2, -0.15) is 4.31 Å². The van der Waals surface area contributed by atoms with Gasteiger partial charge in [-0.3, -0.25) is 4.79 Å². The first-order chi connectivity index (χ1) is 15.3. The summed E-state index contributed by atoms with van der Waals surface area (Å²) in [6, 6.07) is 10.6. The van der Waals surface area contributed by atoms with E-state index in [1.807, 2.05) is 18.2 Å². The van der Waals surface area contributed by atoms with Gasteiger partial charge in [0.2, 0.25) is 15.9 Å². The zero-order valence-electron chi connectivity index (χ0n) is 18.6. The molecule has 9 heteroatoms. The number of sulfonamides is 1. The van der Waals surface area contributed by atoms with Gasteiger partial charge in [-0.15, -0.1) is 0 Å². The van der Waals surface area contributed by atoms with E-state index in [0.717, 1.165) is 5.56 Å². The second-order valence-corrected chi connectivity index (χ2v) is 10.1. The molecule has 1 heterocycles. The number of piperidine rings is 1. The summed E-state index contributed by atoms with van der Waals surface area (Å²) in [5.74, 6) is 0.727. The van der Waals surface area contributed by atoms with Gasteiger partial charge in [-0.1, -0.05) is 35.9 Å². The maximum Gasteiger partial charge on any atom is 0.244 e. The van der Waals surface area contributed by atoms with E-state index in [1.165, 1.54) is 4.31 Å². The average molecular weight is 481 g/mol. The normalized spacial score (nSPS) is 17.1. The summed E-state index contributed by atoms with van der Waals surface area (Å²) in [5.41, 5.74) is 1.52. The number of hydrogen-bond acceptors (Lipinski definition) is 5. The second-order valence-electron chi connectivity index (χ2n) is 7.78. The van der Waals surface area contributed by atoms with Gasteiger partial charge in [0.15, 0.2) is 11.5 Å². The van der Waals surface area contributed by atoms with Gasteiger partial charge in [0, 0.05) is 19.6 Å². The Bertz CT molecular complexity index is 1050. The number of methoxy groups -OCH3 is 2. The lowest BCUT2D eigenvalue weighted by molar-refractivity contribution is -0.126. The summed E-state index contributed by atoms with van der Waals surface area (Å²) in [6.45, 7) is 2.65. The van der Waals surface area contributed by atoms with Gasteiger partial charge < -0.3 is 14.8 Å². The molecule has 0 radical (unpaired) electrons. The fraction of sp³-hybridized carbons (Fsp3) is 0.435. The van der Waals surface area contributed by atoms with Crippen LogP contribution in [0.5, 0.6) is 11.5 Å². The van der Waals surface area contributed by atoms with E-state index < -0.39 is 15.9 Å². The molecule has 1 aliphatic rings.